The summed E-state index contributed by atoms with van der Waals surface area (Å²) in [5.74, 6) is 0. The van der Waals surface area contributed by atoms with Crippen LogP contribution in [0, 0.1) is 4.77 Å². The van der Waals surface area contributed by atoms with Gasteiger partial charge in [-0.2, -0.15) is 0 Å². The van der Waals surface area contributed by atoms with Gasteiger partial charge in [0.05, 0.1) is 11.0 Å². The minimum Gasteiger partial charge on any atom is -0.330 e. The highest BCUT2D eigenvalue weighted by Gasteiger charge is 2.06. The molecule has 0 aliphatic heterocycles. The van der Waals surface area contributed by atoms with Crippen molar-refractivity contribution in [1.29, 1.82) is 0 Å². The van der Waals surface area contributed by atoms with Gasteiger partial charge in [-0.1, -0.05) is 23.2 Å². The SMILES string of the molecule is S=c1[nH]c2ccc(Cl)cc2n1-c1ccc(Cl)cc1. The molecule has 0 atom stereocenters. The molecule has 2 nitrogen and oxygen atoms in total. The molecule has 18 heavy (non-hydrogen) atoms. The molecule has 3 rings (SSSR count). The summed E-state index contributed by atoms with van der Waals surface area (Å²) in [5.41, 5.74) is 2.87. The van der Waals surface area contributed by atoms with Crippen LogP contribution in [0.1, 0.15) is 0 Å². The number of hydrogen-bond donors (Lipinski definition) is 1. The molecule has 2 aromatic carbocycles. The van der Waals surface area contributed by atoms with Gasteiger partial charge in [0.1, 0.15) is 0 Å². The van der Waals surface area contributed by atoms with Crippen LogP contribution in [-0.4, -0.2) is 9.55 Å². The zero-order valence-corrected chi connectivity index (χ0v) is 11.5. The Bertz CT molecular complexity index is 772. The van der Waals surface area contributed by atoms with Gasteiger partial charge in [0.25, 0.3) is 0 Å². The Morgan fingerprint density at radius 3 is 2.33 bits per heavy atom. The van der Waals surface area contributed by atoms with Crippen molar-refractivity contribution in [2.45, 2.75) is 0 Å². The lowest BCUT2D eigenvalue weighted by atomic mass is 10.3. The lowest BCUT2D eigenvalue weighted by Gasteiger charge is -2.04. The molecule has 0 aliphatic carbocycles. The number of H-pyrrole nitrogens is 1. The van der Waals surface area contributed by atoms with Crippen LogP contribution >= 0.6 is 35.4 Å². The van der Waals surface area contributed by atoms with Crippen molar-refractivity contribution in [3.8, 4) is 5.69 Å². The molecule has 3 aromatic rings. The Hall–Kier alpha value is -1.29. The van der Waals surface area contributed by atoms with Gasteiger partial charge in [0, 0.05) is 15.7 Å². The third kappa shape index (κ3) is 1.94. The van der Waals surface area contributed by atoms with Crippen LogP contribution in [0.15, 0.2) is 42.5 Å². The molecule has 0 spiro atoms. The van der Waals surface area contributed by atoms with Gasteiger partial charge in [-0.25, -0.2) is 0 Å². The zero-order chi connectivity index (χ0) is 12.7. The smallest absolute Gasteiger partial charge is 0.182 e. The molecule has 0 amide bonds. The predicted octanol–water partition coefficient (Wildman–Crippen LogP) is 4.99. The molecule has 0 unspecified atom stereocenters. The normalized spacial score (nSPS) is 11.0. The number of rotatable bonds is 1. The number of nitrogens with one attached hydrogen (secondary N) is 1. The molecule has 1 heterocycles. The van der Waals surface area contributed by atoms with Gasteiger partial charge in [-0.05, 0) is 54.7 Å². The average Bonchev–Trinajstić information content (AvgIpc) is 2.66. The Morgan fingerprint density at radius 1 is 0.944 bits per heavy atom. The average molecular weight is 295 g/mol. The van der Waals surface area contributed by atoms with E-state index in [0.29, 0.717) is 14.8 Å². The molecule has 0 radical (unpaired) electrons. The van der Waals surface area contributed by atoms with Crippen LogP contribution in [0.5, 0.6) is 0 Å². The van der Waals surface area contributed by atoms with Gasteiger partial charge < -0.3 is 4.98 Å². The quantitative estimate of drug-likeness (QED) is 0.627. The highest BCUT2D eigenvalue weighted by atomic mass is 35.5. The van der Waals surface area contributed by atoms with Crippen molar-refractivity contribution in [3.63, 3.8) is 0 Å². The Kier molecular flexibility index (Phi) is 2.90. The monoisotopic (exact) mass is 294 g/mol. The number of fused-ring (bicyclic) bond motifs is 1. The topological polar surface area (TPSA) is 20.7 Å². The Labute approximate surface area is 119 Å². The van der Waals surface area contributed by atoms with E-state index < -0.39 is 0 Å². The van der Waals surface area contributed by atoms with Crippen molar-refractivity contribution < 1.29 is 0 Å². The summed E-state index contributed by atoms with van der Waals surface area (Å²) in [4.78, 5) is 3.15. The maximum atomic E-state index is 6.03. The molecule has 90 valence electrons. The van der Waals surface area contributed by atoms with E-state index in [9.17, 15) is 0 Å². The zero-order valence-electron chi connectivity index (χ0n) is 9.15. The lowest BCUT2D eigenvalue weighted by molar-refractivity contribution is 1.07. The summed E-state index contributed by atoms with van der Waals surface area (Å²) in [6.45, 7) is 0. The number of aromatic nitrogens is 2. The standard InChI is InChI=1S/C13H8Cl2N2S/c14-8-1-4-10(5-2-8)17-12-7-9(15)3-6-11(12)16-13(17)18/h1-7H,(H,16,18). The third-order valence-electron chi connectivity index (χ3n) is 2.73. The number of benzene rings is 2. The third-order valence-corrected chi connectivity index (χ3v) is 3.50. The second-order valence-corrected chi connectivity index (χ2v) is 5.16. The largest absolute Gasteiger partial charge is 0.330 e. The fourth-order valence-electron chi connectivity index (χ4n) is 1.92. The van der Waals surface area contributed by atoms with Crippen LogP contribution in [-0.2, 0) is 0 Å². The molecule has 0 saturated heterocycles. The van der Waals surface area contributed by atoms with E-state index in [-0.39, 0.29) is 0 Å². The van der Waals surface area contributed by atoms with Crippen LogP contribution in [0.4, 0.5) is 0 Å². The molecule has 0 bridgehead atoms. The van der Waals surface area contributed by atoms with E-state index in [4.69, 9.17) is 35.4 Å². The van der Waals surface area contributed by atoms with Crippen molar-refractivity contribution in [2.24, 2.45) is 0 Å². The van der Waals surface area contributed by atoms with E-state index >= 15 is 0 Å². The number of nitrogens with zero attached hydrogens (tertiary/aromatic N) is 1. The number of halogens is 2. The summed E-state index contributed by atoms with van der Waals surface area (Å²) in [5, 5.41) is 1.38. The highest BCUT2D eigenvalue weighted by molar-refractivity contribution is 7.71. The Morgan fingerprint density at radius 2 is 1.61 bits per heavy atom. The molecule has 0 fully saturated rings. The van der Waals surface area contributed by atoms with Crippen molar-refractivity contribution >= 4 is 46.5 Å². The van der Waals surface area contributed by atoms with Gasteiger partial charge in [-0.15, -0.1) is 0 Å². The first-order valence-corrected chi connectivity index (χ1v) is 6.48. The molecule has 0 saturated carbocycles. The first kappa shape index (κ1) is 11.8. The van der Waals surface area contributed by atoms with Crippen molar-refractivity contribution in [2.75, 3.05) is 0 Å². The number of aromatic amines is 1. The molecule has 0 aliphatic rings. The molecular formula is C13H8Cl2N2S. The van der Waals surface area contributed by atoms with Crippen molar-refractivity contribution in [3.05, 3.63) is 57.3 Å². The minimum absolute atomic E-state index is 0.634. The van der Waals surface area contributed by atoms with Gasteiger partial charge in [0.15, 0.2) is 4.77 Å². The first-order chi connectivity index (χ1) is 8.65. The first-order valence-electron chi connectivity index (χ1n) is 5.31. The number of imidazole rings is 1. The van der Waals surface area contributed by atoms with E-state index in [2.05, 4.69) is 4.98 Å². The van der Waals surface area contributed by atoms with Gasteiger partial charge in [-0.3, -0.25) is 4.57 Å². The van der Waals surface area contributed by atoms with E-state index in [1.54, 1.807) is 0 Å². The van der Waals surface area contributed by atoms with Crippen LogP contribution in [0.25, 0.3) is 16.7 Å². The molecule has 1 N–H and O–H groups in total. The number of hydrogen-bond acceptors (Lipinski definition) is 1. The van der Waals surface area contributed by atoms with E-state index in [1.807, 2.05) is 47.0 Å². The minimum atomic E-state index is 0.634. The second-order valence-electron chi connectivity index (χ2n) is 3.90. The van der Waals surface area contributed by atoms with Gasteiger partial charge >= 0.3 is 0 Å². The van der Waals surface area contributed by atoms with E-state index in [1.165, 1.54) is 0 Å². The van der Waals surface area contributed by atoms with E-state index in [0.717, 1.165) is 16.7 Å². The predicted molar refractivity (Wildman–Crippen MR) is 78.5 cm³/mol. The summed E-state index contributed by atoms with van der Waals surface area (Å²) in [6, 6.07) is 13.2. The van der Waals surface area contributed by atoms with Crippen molar-refractivity contribution in [1.82, 2.24) is 9.55 Å². The van der Waals surface area contributed by atoms with Crippen LogP contribution < -0.4 is 0 Å². The molecule has 5 heteroatoms. The fourth-order valence-corrected chi connectivity index (χ4v) is 2.53. The lowest BCUT2D eigenvalue weighted by Crippen LogP contribution is -1.93. The maximum absolute atomic E-state index is 6.03. The summed E-state index contributed by atoms with van der Waals surface area (Å²) in [6.07, 6.45) is 0. The molecule has 1 aromatic heterocycles. The highest BCUT2D eigenvalue weighted by Crippen LogP contribution is 2.23. The summed E-state index contributed by atoms with van der Waals surface area (Å²) >= 11 is 17.3. The summed E-state index contributed by atoms with van der Waals surface area (Å²) < 4.78 is 2.57. The van der Waals surface area contributed by atoms with Crippen LogP contribution in [0.2, 0.25) is 10.0 Å². The Balaban J connectivity index is 2.34. The fraction of sp³-hybridized carbons (Fsp3) is 0. The second kappa shape index (κ2) is 4.43. The van der Waals surface area contributed by atoms with Crippen LogP contribution in [0.3, 0.4) is 0 Å². The molecular weight excluding hydrogens is 287 g/mol. The maximum Gasteiger partial charge on any atom is 0.182 e. The summed E-state index contributed by atoms with van der Waals surface area (Å²) in [7, 11) is 0. The van der Waals surface area contributed by atoms with Gasteiger partial charge in [0.2, 0.25) is 0 Å².